The molecule has 39 heavy (non-hydrogen) atoms. The fourth-order valence-electron chi connectivity index (χ4n) is 5.05. The molecule has 0 aliphatic carbocycles. The Morgan fingerprint density at radius 1 is 0.564 bits per heavy atom. The summed E-state index contributed by atoms with van der Waals surface area (Å²) in [5, 5.41) is 0. The predicted octanol–water partition coefficient (Wildman–Crippen LogP) is 8.24. The number of aromatic nitrogens is 1. The maximum Gasteiger partial charge on any atom is 0.133 e. The Balaban J connectivity index is 1.54. The zero-order chi connectivity index (χ0) is 27.5. The molecule has 4 aromatic carbocycles. The summed E-state index contributed by atoms with van der Waals surface area (Å²) in [6, 6.07) is 27.9. The SMILES string of the molecule is Cc1cc(C(c2cccnc2)c2cc(C)c(Oc3ccc(N)cc3)c(C)c2)cc(C)c1Oc1ccc(N)cc1. The molecule has 1 heterocycles. The number of aryl methyl sites for hydroxylation is 4. The first kappa shape index (κ1) is 25.9. The lowest BCUT2D eigenvalue weighted by Crippen LogP contribution is -2.07. The lowest BCUT2D eigenvalue weighted by molar-refractivity contribution is 0.474. The van der Waals surface area contributed by atoms with Crippen LogP contribution in [0, 0.1) is 27.7 Å². The fourth-order valence-corrected chi connectivity index (χ4v) is 5.05. The smallest absolute Gasteiger partial charge is 0.133 e. The van der Waals surface area contributed by atoms with Crippen molar-refractivity contribution in [2.75, 3.05) is 11.5 Å². The summed E-state index contributed by atoms with van der Waals surface area (Å²) in [5.74, 6) is 3.22. The molecule has 0 saturated carbocycles. The van der Waals surface area contributed by atoms with Gasteiger partial charge in [-0.1, -0.05) is 30.3 Å². The van der Waals surface area contributed by atoms with Crippen molar-refractivity contribution in [2.24, 2.45) is 0 Å². The molecule has 5 aromatic rings. The van der Waals surface area contributed by atoms with Crippen molar-refractivity contribution >= 4 is 11.4 Å². The first-order valence-electron chi connectivity index (χ1n) is 13.0. The minimum absolute atomic E-state index is 0.00959. The molecule has 5 nitrogen and oxygen atoms in total. The molecule has 196 valence electrons. The van der Waals surface area contributed by atoms with Crippen LogP contribution in [0.15, 0.2) is 97.3 Å². The molecule has 1 aromatic heterocycles. The van der Waals surface area contributed by atoms with Gasteiger partial charge in [0.25, 0.3) is 0 Å². The van der Waals surface area contributed by atoms with Gasteiger partial charge in [0.15, 0.2) is 0 Å². The molecular weight excluding hydrogens is 482 g/mol. The van der Waals surface area contributed by atoms with Gasteiger partial charge in [-0.15, -0.1) is 0 Å². The quantitative estimate of drug-likeness (QED) is 0.213. The zero-order valence-corrected chi connectivity index (χ0v) is 22.7. The second kappa shape index (κ2) is 10.9. The lowest BCUT2D eigenvalue weighted by Gasteiger charge is -2.23. The van der Waals surface area contributed by atoms with Crippen LogP contribution < -0.4 is 20.9 Å². The van der Waals surface area contributed by atoms with Gasteiger partial charge in [0.2, 0.25) is 0 Å². The van der Waals surface area contributed by atoms with E-state index in [0.717, 1.165) is 50.8 Å². The molecular formula is C34H33N3O2. The summed E-state index contributed by atoms with van der Waals surface area (Å²) in [4.78, 5) is 4.44. The van der Waals surface area contributed by atoms with Crippen molar-refractivity contribution < 1.29 is 9.47 Å². The lowest BCUT2D eigenvalue weighted by atomic mass is 9.83. The molecule has 5 rings (SSSR count). The number of hydrogen-bond donors (Lipinski definition) is 2. The topological polar surface area (TPSA) is 83.4 Å². The van der Waals surface area contributed by atoms with E-state index in [1.807, 2.05) is 60.8 Å². The van der Waals surface area contributed by atoms with Crippen molar-refractivity contribution in [2.45, 2.75) is 33.6 Å². The maximum absolute atomic E-state index is 6.27. The molecule has 0 radical (unpaired) electrons. The Labute approximate surface area is 230 Å². The molecule has 0 amide bonds. The van der Waals surface area contributed by atoms with Crippen molar-refractivity contribution in [3.8, 4) is 23.0 Å². The minimum atomic E-state index is -0.00959. The highest BCUT2D eigenvalue weighted by molar-refractivity contribution is 5.55. The number of nitrogens with two attached hydrogens (primary N) is 2. The van der Waals surface area contributed by atoms with Gasteiger partial charge >= 0.3 is 0 Å². The van der Waals surface area contributed by atoms with Crippen LogP contribution >= 0.6 is 0 Å². The molecule has 4 N–H and O–H groups in total. The van der Waals surface area contributed by atoms with Gasteiger partial charge in [0.05, 0.1) is 0 Å². The number of benzene rings is 4. The molecule has 0 atom stereocenters. The van der Waals surface area contributed by atoms with Crippen molar-refractivity contribution in [1.82, 2.24) is 4.98 Å². The Morgan fingerprint density at radius 3 is 1.33 bits per heavy atom. The largest absolute Gasteiger partial charge is 0.457 e. The Morgan fingerprint density at radius 2 is 0.974 bits per heavy atom. The van der Waals surface area contributed by atoms with E-state index in [1.54, 1.807) is 6.20 Å². The van der Waals surface area contributed by atoms with Gasteiger partial charge in [-0.2, -0.15) is 0 Å². The molecule has 0 saturated heterocycles. The van der Waals surface area contributed by atoms with Crippen molar-refractivity contribution in [3.63, 3.8) is 0 Å². The van der Waals surface area contributed by atoms with Crippen molar-refractivity contribution in [1.29, 1.82) is 0 Å². The third kappa shape index (κ3) is 5.73. The number of pyridine rings is 1. The van der Waals surface area contributed by atoms with E-state index in [0.29, 0.717) is 11.4 Å². The van der Waals surface area contributed by atoms with Gasteiger partial charge in [0.1, 0.15) is 23.0 Å². The number of ether oxygens (including phenoxy) is 2. The maximum atomic E-state index is 6.27. The number of hydrogen-bond acceptors (Lipinski definition) is 5. The summed E-state index contributed by atoms with van der Waals surface area (Å²) >= 11 is 0. The van der Waals surface area contributed by atoms with E-state index in [2.05, 4.69) is 63.0 Å². The molecule has 0 unspecified atom stereocenters. The van der Waals surface area contributed by atoms with E-state index < -0.39 is 0 Å². The van der Waals surface area contributed by atoms with Crippen LogP contribution in [0.2, 0.25) is 0 Å². The first-order chi connectivity index (χ1) is 18.8. The highest BCUT2D eigenvalue weighted by atomic mass is 16.5. The third-order valence-electron chi connectivity index (χ3n) is 6.85. The molecule has 0 aliphatic heterocycles. The van der Waals surface area contributed by atoms with Crippen LogP contribution in [0.1, 0.15) is 44.9 Å². The van der Waals surface area contributed by atoms with E-state index in [-0.39, 0.29) is 5.92 Å². The highest BCUT2D eigenvalue weighted by Gasteiger charge is 2.22. The normalized spacial score (nSPS) is 11.0. The number of anilines is 2. The van der Waals surface area contributed by atoms with E-state index in [9.17, 15) is 0 Å². The second-order valence-electron chi connectivity index (χ2n) is 10.0. The minimum Gasteiger partial charge on any atom is -0.457 e. The molecule has 0 spiro atoms. The molecule has 5 heteroatoms. The summed E-state index contributed by atoms with van der Waals surface area (Å²) in [6.45, 7) is 8.35. The molecule has 0 bridgehead atoms. The van der Waals surface area contributed by atoms with Gasteiger partial charge in [-0.05, 0) is 121 Å². The number of nitrogens with zero attached hydrogens (tertiary/aromatic N) is 1. The van der Waals surface area contributed by atoms with Gasteiger partial charge in [-0.3, -0.25) is 4.98 Å². The van der Waals surface area contributed by atoms with Crippen LogP contribution in [0.3, 0.4) is 0 Å². The van der Waals surface area contributed by atoms with E-state index in [1.165, 1.54) is 11.1 Å². The fraction of sp³-hybridized carbons (Fsp3) is 0.147. The third-order valence-corrected chi connectivity index (χ3v) is 6.85. The second-order valence-corrected chi connectivity index (χ2v) is 10.0. The summed E-state index contributed by atoms with van der Waals surface area (Å²) < 4.78 is 12.5. The van der Waals surface area contributed by atoms with Gasteiger partial charge in [0, 0.05) is 29.7 Å². The summed E-state index contributed by atoms with van der Waals surface area (Å²) in [6.07, 6.45) is 3.75. The van der Waals surface area contributed by atoms with Gasteiger partial charge in [-0.25, -0.2) is 0 Å². The van der Waals surface area contributed by atoms with Crippen LogP contribution in [0.5, 0.6) is 23.0 Å². The Bertz CT molecular complexity index is 1450. The Kier molecular flexibility index (Phi) is 7.24. The predicted molar refractivity (Wildman–Crippen MR) is 159 cm³/mol. The molecule has 0 aliphatic rings. The monoisotopic (exact) mass is 515 g/mol. The van der Waals surface area contributed by atoms with Crippen LogP contribution in [0.4, 0.5) is 11.4 Å². The highest BCUT2D eigenvalue weighted by Crippen LogP contribution is 2.40. The Hall–Kier alpha value is -4.77. The van der Waals surface area contributed by atoms with E-state index >= 15 is 0 Å². The van der Waals surface area contributed by atoms with Crippen LogP contribution in [0.25, 0.3) is 0 Å². The van der Waals surface area contributed by atoms with Crippen LogP contribution in [-0.2, 0) is 0 Å². The zero-order valence-electron chi connectivity index (χ0n) is 22.7. The average molecular weight is 516 g/mol. The van der Waals surface area contributed by atoms with E-state index in [4.69, 9.17) is 20.9 Å². The number of nitrogen functional groups attached to an aromatic ring is 2. The summed E-state index contributed by atoms with van der Waals surface area (Å²) in [5.41, 5.74) is 20.8. The standard InChI is InChI=1S/C34H33N3O2/c1-21-16-26(17-22(2)33(21)38-30-11-7-28(35)8-12-30)32(25-6-5-15-37-20-25)27-18-23(3)34(24(4)19-27)39-31-13-9-29(36)10-14-31/h5-20,32H,35-36H2,1-4H3. The molecule has 0 fully saturated rings. The first-order valence-corrected chi connectivity index (χ1v) is 13.0. The average Bonchev–Trinajstić information content (AvgIpc) is 2.91. The van der Waals surface area contributed by atoms with Gasteiger partial charge < -0.3 is 20.9 Å². The number of rotatable bonds is 7. The van der Waals surface area contributed by atoms with Crippen LogP contribution in [-0.4, -0.2) is 4.98 Å². The van der Waals surface area contributed by atoms with Crippen molar-refractivity contribution in [3.05, 3.63) is 136 Å². The summed E-state index contributed by atoms with van der Waals surface area (Å²) in [7, 11) is 0.